The van der Waals surface area contributed by atoms with E-state index in [1.165, 1.54) is 25.7 Å². The quantitative estimate of drug-likeness (QED) is 0.406. The lowest BCUT2D eigenvalue weighted by Crippen LogP contribution is -2.42. The van der Waals surface area contributed by atoms with E-state index in [0.29, 0.717) is 6.04 Å². The molecular weight excluding hydrogens is 214 g/mol. The summed E-state index contributed by atoms with van der Waals surface area (Å²) in [4.78, 5) is 4.25. The van der Waals surface area contributed by atoms with Crippen molar-refractivity contribution in [1.29, 1.82) is 0 Å². The molecule has 1 aliphatic rings. The Hall–Kier alpha value is -0.770. The minimum atomic E-state index is 0.629. The van der Waals surface area contributed by atoms with Crippen LogP contribution in [0.25, 0.3) is 0 Å². The van der Waals surface area contributed by atoms with Crippen LogP contribution >= 0.6 is 0 Å². The zero-order valence-electron chi connectivity index (χ0n) is 11.3. The molecule has 0 aromatic rings. The van der Waals surface area contributed by atoms with Gasteiger partial charge in [-0.25, -0.2) is 0 Å². The van der Waals surface area contributed by atoms with Crippen LogP contribution in [0, 0.1) is 0 Å². The Morgan fingerprint density at radius 2 is 2.06 bits per heavy atom. The van der Waals surface area contributed by atoms with Gasteiger partial charge in [0.25, 0.3) is 0 Å². The predicted octanol–water partition coefficient (Wildman–Crippen LogP) is 1.91. The molecule has 0 amide bonds. The molecule has 17 heavy (non-hydrogen) atoms. The summed E-state index contributed by atoms with van der Waals surface area (Å²) in [5.74, 6) is 0.952. The smallest absolute Gasteiger partial charge is 0.191 e. The molecule has 2 N–H and O–H groups in total. The van der Waals surface area contributed by atoms with Gasteiger partial charge in [0.2, 0.25) is 0 Å². The molecule has 100 valence electrons. The first-order valence-electron chi connectivity index (χ1n) is 6.91. The van der Waals surface area contributed by atoms with Crippen molar-refractivity contribution in [3.05, 3.63) is 0 Å². The highest BCUT2D eigenvalue weighted by Crippen LogP contribution is 2.17. The second-order valence-corrected chi connectivity index (χ2v) is 4.53. The maximum Gasteiger partial charge on any atom is 0.191 e. The maximum absolute atomic E-state index is 5.30. The van der Waals surface area contributed by atoms with Crippen molar-refractivity contribution in [2.24, 2.45) is 4.99 Å². The van der Waals surface area contributed by atoms with Crippen molar-refractivity contribution in [2.75, 3.05) is 26.8 Å². The number of rotatable bonds is 7. The van der Waals surface area contributed by atoms with Gasteiger partial charge >= 0.3 is 0 Å². The van der Waals surface area contributed by atoms with Crippen LogP contribution in [-0.4, -0.2) is 38.8 Å². The van der Waals surface area contributed by atoms with Crippen LogP contribution in [-0.2, 0) is 4.74 Å². The number of nitrogens with one attached hydrogen (secondary N) is 2. The Labute approximate surface area is 105 Å². The average molecular weight is 241 g/mol. The molecule has 1 fully saturated rings. The highest BCUT2D eigenvalue weighted by Gasteiger charge is 2.15. The van der Waals surface area contributed by atoms with Gasteiger partial charge in [-0.2, -0.15) is 0 Å². The normalized spacial score (nSPS) is 17.4. The van der Waals surface area contributed by atoms with Gasteiger partial charge in [-0.3, -0.25) is 4.99 Å². The Bertz CT molecular complexity index is 213. The third kappa shape index (κ3) is 6.51. The van der Waals surface area contributed by atoms with Gasteiger partial charge in [-0.1, -0.05) is 12.8 Å². The lowest BCUT2D eigenvalue weighted by Gasteiger charge is -2.16. The van der Waals surface area contributed by atoms with Crippen molar-refractivity contribution in [2.45, 2.75) is 51.5 Å². The van der Waals surface area contributed by atoms with E-state index in [2.05, 4.69) is 15.6 Å². The zero-order chi connectivity index (χ0) is 12.3. The van der Waals surface area contributed by atoms with Crippen molar-refractivity contribution < 1.29 is 4.74 Å². The Balaban J connectivity index is 2.02. The van der Waals surface area contributed by atoms with Crippen molar-refractivity contribution >= 4 is 5.96 Å². The van der Waals surface area contributed by atoms with Gasteiger partial charge in [-0.15, -0.1) is 0 Å². The van der Waals surface area contributed by atoms with Crippen LogP contribution in [0.5, 0.6) is 0 Å². The fourth-order valence-electron chi connectivity index (χ4n) is 2.14. The second kappa shape index (κ2) is 9.28. The largest absolute Gasteiger partial charge is 0.382 e. The van der Waals surface area contributed by atoms with Crippen LogP contribution in [0.1, 0.15) is 45.4 Å². The summed E-state index contributed by atoms with van der Waals surface area (Å²) < 4.78 is 5.30. The summed E-state index contributed by atoms with van der Waals surface area (Å²) in [5, 5.41) is 6.83. The molecular formula is C13H27N3O. The monoisotopic (exact) mass is 241 g/mol. The molecule has 0 aromatic carbocycles. The van der Waals surface area contributed by atoms with Crippen molar-refractivity contribution in [3.8, 4) is 0 Å². The average Bonchev–Trinajstić information content (AvgIpc) is 2.85. The van der Waals surface area contributed by atoms with Gasteiger partial charge in [0.05, 0.1) is 0 Å². The summed E-state index contributed by atoms with van der Waals surface area (Å²) in [5.41, 5.74) is 0. The van der Waals surface area contributed by atoms with Crippen molar-refractivity contribution in [1.82, 2.24) is 10.6 Å². The van der Waals surface area contributed by atoms with E-state index in [0.717, 1.165) is 38.6 Å². The molecule has 0 unspecified atom stereocenters. The summed E-state index contributed by atoms with van der Waals surface area (Å²) in [6.45, 7) is 4.69. The highest BCUT2D eigenvalue weighted by molar-refractivity contribution is 5.79. The molecule has 4 nitrogen and oxygen atoms in total. The number of nitrogens with zero attached hydrogens (tertiary/aromatic N) is 1. The molecule has 1 rings (SSSR count). The van der Waals surface area contributed by atoms with E-state index in [-0.39, 0.29) is 0 Å². The summed E-state index contributed by atoms with van der Waals surface area (Å²) in [7, 11) is 1.84. The van der Waals surface area contributed by atoms with Gasteiger partial charge in [0, 0.05) is 32.8 Å². The van der Waals surface area contributed by atoms with E-state index < -0.39 is 0 Å². The lowest BCUT2D eigenvalue weighted by molar-refractivity contribution is 0.143. The molecule has 1 aliphatic carbocycles. The van der Waals surface area contributed by atoms with Gasteiger partial charge in [0.15, 0.2) is 5.96 Å². The fraction of sp³-hybridized carbons (Fsp3) is 0.923. The predicted molar refractivity (Wildman–Crippen MR) is 72.5 cm³/mol. The summed E-state index contributed by atoms with van der Waals surface area (Å²) >= 11 is 0. The van der Waals surface area contributed by atoms with Gasteiger partial charge in [-0.05, 0) is 32.6 Å². The van der Waals surface area contributed by atoms with E-state index in [4.69, 9.17) is 4.74 Å². The van der Waals surface area contributed by atoms with E-state index >= 15 is 0 Å². The van der Waals surface area contributed by atoms with E-state index in [9.17, 15) is 0 Å². The third-order valence-corrected chi connectivity index (χ3v) is 3.13. The Morgan fingerprint density at radius 3 is 2.71 bits per heavy atom. The van der Waals surface area contributed by atoms with Gasteiger partial charge in [0.1, 0.15) is 0 Å². The second-order valence-electron chi connectivity index (χ2n) is 4.53. The van der Waals surface area contributed by atoms with Crippen LogP contribution in [0.15, 0.2) is 4.99 Å². The highest BCUT2D eigenvalue weighted by atomic mass is 16.5. The van der Waals surface area contributed by atoms with Gasteiger partial charge < -0.3 is 15.4 Å². The number of aliphatic imine (C=N–C) groups is 1. The van der Waals surface area contributed by atoms with Crippen LogP contribution in [0.2, 0.25) is 0 Å². The molecule has 1 saturated carbocycles. The number of ether oxygens (including phenoxy) is 1. The van der Waals surface area contributed by atoms with Crippen LogP contribution in [0.3, 0.4) is 0 Å². The molecule has 0 bridgehead atoms. The first kappa shape index (κ1) is 14.3. The fourth-order valence-corrected chi connectivity index (χ4v) is 2.14. The molecule has 0 atom stereocenters. The zero-order valence-corrected chi connectivity index (χ0v) is 11.3. The van der Waals surface area contributed by atoms with Crippen molar-refractivity contribution in [3.63, 3.8) is 0 Å². The molecule has 0 heterocycles. The molecule has 4 heteroatoms. The number of hydrogen-bond acceptors (Lipinski definition) is 2. The first-order chi connectivity index (χ1) is 8.36. The first-order valence-corrected chi connectivity index (χ1v) is 6.91. The Kier molecular flexibility index (Phi) is 7.80. The standard InChI is InChI=1S/C13H27N3O/c1-3-17-11-7-6-10-15-13(14-2)16-12-8-4-5-9-12/h12H,3-11H2,1-2H3,(H2,14,15,16). The molecule has 0 aromatic heterocycles. The van der Waals surface area contributed by atoms with Crippen LogP contribution < -0.4 is 10.6 Å². The molecule has 0 spiro atoms. The Morgan fingerprint density at radius 1 is 1.29 bits per heavy atom. The molecule has 0 saturated heterocycles. The summed E-state index contributed by atoms with van der Waals surface area (Å²) in [6, 6.07) is 0.629. The molecule has 0 aliphatic heterocycles. The third-order valence-electron chi connectivity index (χ3n) is 3.13. The molecule has 0 radical (unpaired) electrons. The lowest BCUT2D eigenvalue weighted by atomic mass is 10.2. The minimum Gasteiger partial charge on any atom is -0.382 e. The number of guanidine groups is 1. The summed E-state index contributed by atoms with van der Waals surface area (Å²) in [6.07, 6.45) is 7.51. The number of hydrogen-bond donors (Lipinski definition) is 2. The van der Waals surface area contributed by atoms with Crippen LogP contribution in [0.4, 0.5) is 0 Å². The van der Waals surface area contributed by atoms with E-state index in [1.807, 2.05) is 14.0 Å². The SMILES string of the molecule is CCOCCCCNC(=NC)NC1CCCC1. The topological polar surface area (TPSA) is 45.6 Å². The minimum absolute atomic E-state index is 0.629. The van der Waals surface area contributed by atoms with E-state index in [1.54, 1.807) is 0 Å². The number of unbranched alkanes of at least 4 members (excludes halogenated alkanes) is 1. The maximum atomic E-state index is 5.30.